The number of aromatic nitrogens is 1. The summed E-state index contributed by atoms with van der Waals surface area (Å²) < 4.78 is 0. The predicted octanol–water partition coefficient (Wildman–Crippen LogP) is 5.47. The topological polar surface area (TPSA) is 65.1 Å². The summed E-state index contributed by atoms with van der Waals surface area (Å²) in [4.78, 5) is 15.4. The number of pyridine rings is 1. The van der Waals surface area contributed by atoms with E-state index in [0.717, 1.165) is 34.9 Å². The van der Waals surface area contributed by atoms with Crippen molar-refractivity contribution < 1.29 is 5.11 Å². The Kier molecular flexibility index (Phi) is 5.34. The number of aromatic amines is 1. The molecule has 0 aliphatic rings. The number of hydrogen-bond acceptors (Lipinski definition) is 3. The second-order valence-corrected chi connectivity index (χ2v) is 7.25. The lowest BCUT2D eigenvalue weighted by molar-refractivity contribution is 0.477. The van der Waals surface area contributed by atoms with E-state index in [1.807, 2.05) is 54.6 Å². The molecule has 0 fully saturated rings. The van der Waals surface area contributed by atoms with Crippen LogP contribution in [0.4, 0.5) is 5.69 Å². The van der Waals surface area contributed by atoms with Gasteiger partial charge in [0.2, 0.25) is 0 Å². The Morgan fingerprint density at radius 2 is 1.76 bits per heavy atom. The number of aryl methyl sites for hydroxylation is 1. The van der Waals surface area contributed by atoms with Crippen LogP contribution in [0.2, 0.25) is 0 Å². The molecular formula is C25H24N2O2. The van der Waals surface area contributed by atoms with Crippen molar-refractivity contribution in [1.82, 2.24) is 4.98 Å². The Hall–Kier alpha value is -3.53. The molecule has 0 aliphatic carbocycles. The van der Waals surface area contributed by atoms with Gasteiger partial charge < -0.3 is 15.4 Å². The Morgan fingerprint density at radius 1 is 0.931 bits per heavy atom. The number of fused-ring (bicyclic) bond motifs is 1. The molecular weight excluding hydrogens is 360 g/mol. The third-order valence-electron chi connectivity index (χ3n) is 5.10. The number of anilines is 1. The van der Waals surface area contributed by atoms with E-state index in [1.54, 1.807) is 6.07 Å². The summed E-state index contributed by atoms with van der Waals surface area (Å²) in [7, 11) is 0. The number of hydrogen-bond donors (Lipinski definition) is 3. The number of rotatable bonds is 6. The summed E-state index contributed by atoms with van der Waals surface area (Å²) in [5.74, 6) is 0.159. The van der Waals surface area contributed by atoms with Crippen LogP contribution >= 0.6 is 0 Å². The maximum atomic E-state index is 12.5. The Balaban J connectivity index is 1.61. The van der Waals surface area contributed by atoms with Gasteiger partial charge in [0.15, 0.2) is 0 Å². The number of benzene rings is 3. The fourth-order valence-corrected chi connectivity index (χ4v) is 3.56. The van der Waals surface area contributed by atoms with E-state index in [1.165, 1.54) is 5.56 Å². The van der Waals surface area contributed by atoms with Crippen molar-refractivity contribution in [2.24, 2.45) is 0 Å². The second-order valence-electron chi connectivity index (χ2n) is 7.25. The molecule has 0 atom stereocenters. The van der Waals surface area contributed by atoms with E-state index in [4.69, 9.17) is 0 Å². The standard InChI is InChI=1S/C25H24N2O2/c1-2-6-17-9-11-22-20(13-17)14-21(25(29)27-22)16-26-23-15-19(10-12-24(23)28)18-7-4-3-5-8-18/h3-5,7-15,26,28H,2,6,16H2,1H3,(H,27,29). The fourth-order valence-electron chi connectivity index (χ4n) is 3.56. The Morgan fingerprint density at radius 3 is 2.55 bits per heavy atom. The van der Waals surface area contributed by atoms with E-state index in [0.29, 0.717) is 17.8 Å². The molecule has 3 N–H and O–H groups in total. The lowest BCUT2D eigenvalue weighted by Crippen LogP contribution is -2.15. The minimum absolute atomic E-state index is 0.119. The summed E-state index contributed by atoms with van der Waals surface area (Å²) in [5.41, 5.74) is 5.30. The molecule has 146 valence electrons. The van der Waals surface area contributed by atoms with Crippen molar-refractivity contribution in [2.75, 3.05) is 5.32 Å². The van der Waals surface area contributed by atoms with E-state index >= 15 is 0 Å². The highest BCUT2D eigenvalue weighted by Crippen LogP contribution is 2.30. The normalized spacial score (nSPS) is 10.9. The zero-order valence-corrected chi connectivity index (χ0v) is 16.4. The average molecular weight is 384 g/mol. The van der Waals surface area contributed by atoms with Crippen molar-refractivity contribution in [3.05, 3.63) is 94.3 Å². The number of aromatic hydroxyl groups is 1. The summed E-state index contributed by atoms with van der Waals surface area (Å²) in [6.07, 6.45) is 2.10. The van der Waals surface area contributed by atoms with Crippen molar-refractivity contribution in [2.45, 2.75) is 26.3 Å². The number of H-pyrrole nitrogens is 1. The first-order valence-corrected chi connectivity index (χ1v) is 9.91. The molecule has 0 saturated heterocycles. The van der Waals surface area contributed by atoms with Crippen LogP contribution in [0.5, 0.6) is 5.75 Å². The Labute approximate surface area is 169 Å². The molecule has 29 heavy (non-hydrogen) atoms. The molecule has 0 aliphatic heterocycles. The fraction of sp³-hybridized carbons (Fsp3) is 0.160. The summed E-state index contributed by atoms with van der Waals surface area (Å²) in [6.45, 7) is 2.48. The van der Waals surface area contributed by atoms with Crippen molar-refractivity contribution in [3.8, 4) is 16.9 Å². The smallest absolute Gasteiger partial charge is 0.253 e. The summed E-state index contributed by atoms with van der Waals surface area (Å²) >= 11 is 0. The first-order valence-electron chi connectivity index (χ1n) is 9.91. The molecule has 1 heterocycles. The van der Waals surface area contributed by atoms with Gasteiger partial charge in [0.25, 0.3) is 5.56 Å². The molecule has 0 amide bonds. The van der Waals surface area contributed by atoms with Crippen LogP contribution in [0.1, 0.15) is 24.5 Å². The molecule has 3 aromatic carbocycles. The van der Waals surface area contributed by atoms with Crippen LogP contribution in [0.15, 0.2) is 77.6 Å². The van der Waals surface area contributed by atoms with Gasteiger partial charge in [-0.25, -0.2) is 0 Å². The van der Waals surface area contributed by atoms with Gasteiger partial charge >= 0.3 is 0 Å². The van der Waals surface area contributed by atoms with E-state index < -0.39 is 0 Å². The molecule has 0 saturated carbocycles. The van der Waals surface area contributed by atoms with Crippen molar-refractivity contribution in [1.29, 1.82) is 0 Å². The maximum absolute atomic E-state index is 12.5. The van der Waals surface area contributed by atoms with E-state index in [-0.39, 0.29) is 11.3 Å². The highest BCUT2D eigenvalue weighted by molar-refractivity contribution is 5.80. The van der Waals surface area contributed by atoms with Gasteiger partial charge in [0.1, 0.15) is 5.75 Å². The second kappa shape index (κ2) is 8.23. The van der Waals surface area contributed by atoms with E-state index in [9.17, 15) is 9.90 Å². The van der Waals surface area contributed by atoms with Crippen LogP contribution < -0.4 is 10.9 Å². The SMILES string of the molecule is CCCc1ccc2[nH]c(=O)c(CNc3cc(-c4ccccc4)ccc3O)cc2c1. The number of phenolic OH excluding ortho intramolecular Hbond substituents is 1. The number of phenols is 1. The third kappa shape index (κ3) is 4.16. The highest BCUT2D eigenvalue weighted by Gasteiger charge is 2.08. The molecule has 0 spiro atoms. The highest BCUT2D eigenvalue weighted by atomic mass is 16.3. The third-order valence-corrected chi connectivity index (χ3v) is 5.10. The van der Waals surface area contributed by atoms with Crippen molar-refractivity contribution in [3.63, 3.8) is 0 Å². The minimum Gasteiger partial charge on any atom is -0.506 e. The van der Waals surface area contributed by atoms with Gasteiger partial charge in [-0.05, 0) is 58.8 Å². The monoisotopic (exact) mass is 384 g/mol. The largest absolute Gasteiger partial charge is 0.506 e. The van der Waals surface area contributed by atoms with Crippen LogP contribution in [-0.4, -0.2) is 10.1 Å². The molecule has 4 aromatic rings. The lowest BCUT2D eigenvalue weighted by Gasteiger charge is -2.11. The Bertz CT molecular complexity index is 1200. The minimum atomic E-state index is -0.119. The predicted molar refractivity (Wildman–Crippen MR) is 119 cm³/mol. The van der Waals surface area contributed by atoms with Crippen molar-refractivity contribution >= 4 is 16.6 Å². The molecule has 0 bridgehead atoms. The molecule has 4 nitrogen and oxygen atoms in total. The van der Waals surface area contributed by atoms with Crippen LogP contribution in [0.25, 0.3) is 22.0 Å². The summed E-state index contributed by atoms with van der Waals surface area (Å²) in [5, 5.41) is 14.5. The quantitative estimate of drug-likeness (QED) is 0.387. The van der Waals surface area contributed by atoms with Crippen LogP contribution in [-0.2, 0) is 13.0 Å². The van der Waals surface area contributed by atoms with Crippen LogP contribution in [0, 0.1) is 0 Å². The molecule has 4 rings (SSSR count). The van der Waals surface area contributed by atoms with Gasteiger partial charge in [0.05, 0.1) is 5.69 Å². The molecule has 4 heteroatoms. The average Bonchev–Trinajstić information content (AvgIpc) is 2.74. The van der Waals surface area contributed by atoms with Gasteiger partial charge in [-0.2, -0.15) is 0 Å². The van der Waals surface area contributed by atoms with Gasteiger partial charge in [-0.15, -0.1) is 0 Å². The van der Waals surface area contributed by atoms with Gasteiger partial charge in [-0.1, -0.05) is 55.8 Å². The maximum Gasteiger partial charge on any atom is 0.253 e. The zero-order valence-electron chi connectivity index (χ0n) is 16.4. The lowest BCUT2D eigenvalue weighted by atomic mass is 10.0. The summed E-state index contributed by atoms with van der Waals surface area (Å²) in [6, 6.07) is 23.5. The first kappa shape index (κ1) is 18.8. The van der Waals surface area contributed by atoms with Crippen LogP contribution in [0.3, 0.4) is 0 Å². The van der Waals surface area contributed by atoms with E-state index in [2.05, 4.69) is 29.4 Å². The zero-order chi connectivity index (χ0) is 20.2. The molecule has 1 aromatic heterocycles. The first-order chi connectivity index (χ1) is 14.1. The van der Waals surface area contributed by atoms with Gasteiger partial charge in [-0.3, -0.25) is 4.79 Å². The number of nitrogens with one attached hydrogen (secondary N) is 2. The molecule has 0 radical (unpaired) electrons. The van der Waals surface area contributed by atoms with Gasteiger partial charge in [0, 0.05) is 17.6 Å². The molecule has 0 unspecified atom stereocenters.